The van der Waals surface area contributed by atoms with Crippen molar-refractivity contribution in [1.29, 1.82) is 0 Å². The van der Waals surface area contributed by atoms with Gasteiger partial charge in [0.15, 0.2) is 0 Å². The normalized spacial score (nSPS) is 15.1. The highest BCUT2D eigenvalue weighted by molar-refractivity contribution is 5.21. The van der Waals surface area contributed by atoms with Crippen molar-refractivity contribution < 1.29 is 4.39 Å². The molecule has 1 nitrogen and oxygen atoms in total. The standard InChI is InChI=1S/C12H18FN/c1-3-11(12(14)4-2)9-5-7-10(13)8-6-9/h5-8,11-12H,3-4,14H2,1-2H3. The van der Waals surface area contributed by atoms with Crippen LogP contribution in [-0.2, 0) is 0 Å². The van der Waals surface area contributed by atoms with Crippen LogP contribution in [0, 0.1) is 5.82 Å². The third-order valence-corrected chi connectivity index (χ3v) is 2.73. The third kappa shape index (κ3) is 2.55. The van der Waals surface area contributed by atoms with Crippen LogP contribution < -0.4 is 5.73 Å². The fourth-order valence-corrected chi connectivity index (χ4v) is 1.78. The van der Waals surface area contributed by atoms with Crippen molar-refractivity contribution in [3.05, 3.63) is 35.6 Å². The summed E-state index contributed by atoms with van der Waals surface area (Å²) in [7, 11) is 0. The minimum absolute atomic E-state index is 0.172. The van der Waals surface area contributed by atoms with Gasteiger partial charge in [-0.3, -0.25) is 0 Å². The second-order valence-corrected chi connectivity index (χ2v) is 3.64. The molecule has 14 heavy (non-hydrogen) atoms. The summed E-state index contributed by atoms with van der Waals surface area (Å²) in [5.41, 5.74) is 7.15. The topological polar surface area (TPSA) is 26.0 Å². The summed E-state index contributed by atoms with van der Waals surface area (Å²) in [5, 5.41) is 0. The lowest BCUT2D eigenvalue weighted by molar-refractivity contribution is 0.504. The zero-order valence-electron chi connectivity index (χ0n) is 8.83. The summed E-state index contributed by atoms with van der Waals surface area (Å²) in [6, 6.07) is 6.84. The molecule has 0 radical (unpaired) electrons. The van der Waals surface area contributed by atoms with Crippen LogP contribution in [0.5, 0.6) is 0 Å². The molecule has 2 unspecified atom stereocenters. The highest BCUT2D eigenvalue weighted by Gasteiger charge is 2.15. The van der Waals surface area contributed by atoms with Gasteiger partial charge in [-0.05, 0) is 36.5 Å². The molecule has 0 aliphatic heterocycles. The van der Waals surface area contributed by atoms with Gasteiger partial charge < -0.3 is 5.73 Å². The summed E-state index contributed by atoms with van der Waals surface area (Å²) >= 11 is 0. The van der Waals surface area contributed by atoms with Crippen molar-refractivity contribution in [2.24, 2.45) is 5.73 Å². The maximum atomic E-state index is 12.7. The van der Waals surface area contributed by atoms with E-state index in [-0.39, 0.29) is 11.9 Å². The van der Waals surface area contributed by atoms with Gasteiger partial charge >= 0.3 is 0 Å². The van der Waals surface area contributed by atoms with E-state index in [9.17, 15) is 4.39 Å². The zero-order valence-corrected chi connectivity index (χ0v) is 8.83. The Bertz CT molecular complexity index is 268. The van der Waals surface area contributed by atoms with Gasteiger partial charge in [0.1, 0.15) is 5.82 Å². The van der Waals surface area contributed by atoms with Gasteiger partial charge in [0, 0.05) is 6.04 Å². The van der Waals surface area contributed by atoms with E-state index in [4.69, 9.17) is 5.73 Å². The van der Waals surface area contributed by atoms with Crippen LogP contribution in [-0.4, -0.2) is 6.04 Å². The molecule has 78 valence electrons. The fraction of sp³-hybridized carbons (Fsp3) is 0.500. The van der Waals surface area contributed by atoms with Crippen molar-refractivity contribution in [3.63, 3.8) is 0 Å². The number of hydrogen-bond acceptors (Lipinski definition) is 1. The first-order chi connectivity index (χ1) is 6.69. The van der Waals surface area contributed by atoms with Crippen molar-refractivity contribution in [2.75, 3.05) is 0 Å². The summed E-state index contributed by atoms with van der Waals surface area (Å²) in [6.45, 7) is 4.19. The van der Waals surface area contributed by atoms with E-state index in [1.807, 2.05) is 12.1 Å². The molecule has 0 fully saturated rings. The quantitative estimate of drug-likeness (QED) is 0.785. The van der Waals surface area contributed by atoms with E-state index < -0.39 is 0 Å². The molecular weight excluding hydrogens is 177 g/mol. The SMILES string of the molecule is CCC(N)C(CC)c1ccc(F)cc1. The molecule has 0 aliphatic carbocycles. The molecule has 0 bridgehead atoms. The second kappa shape index (κ2) is 5.11. The lowest BCUT2D eigenvalue weighted by Gasteiger charge is -2.21. The average molecular weight is 195 g/mol. The van der Waals surface area contributed by atoms with Gasteiger partial charge in [0.2, 0.25) is 0 Å². The van der Waals surface area contributed by atoms with E-state index >= 15 is 0 Å². The molecule has 0 aromatic heterocycles. The Labute approximate surface area is 85.1 Å². The summed E-state index contributed by atoms with van der Waals surface area (Å²) in [4.78, 5) is 0. The number of rotatable bonds is 4. The molecular formula is C12H18FN. The highest BCUT2D eigenvalue weighted by Crippen LogP contribution is 2.23. The van der Waals surface area contributed by atoms with Gasteiger partial charge in [-0.1, -0.05) is 26.0 Å². The molecule has 0 spiro atoms. The maximum absolute atomic E-state index is 12.7. The van der Waals surface area contributed by atoms with Gasteiger partial charge in [0.05, 0.1) is 0 Å². The Balaban J connectivity index is 2.84. The third-order valence-electron chi connectivity index (χ3n) is 2.73. The zero-order chi connectivity index (χ0) is 10.6. The number of halogens is 1. The molecule has 1 aromatic rings. The van der Waals surface area contributed by atoms with Gasteiger partial charge in [0.25, 0.3) is 0 Å². The molecule has 0 aliphatic rings. The largest absolute Gasteiger partial charge is 0.327 e. The van der Waals surface area contributed by atoms with Crippen molar-refractivity contribution in [2.45, 2.75) is 38.6 Å². The van der Waals surface area contributed by atoms with Crippen LogP contribution in [0.15, 0.2) is 24.3 Å². The average Bonchev–Trinajstić information content (AvgIpc) is 2.21. The molecule has 1 aromatic carbocycles. The van der Waals surface area contributed by atoms with Crippen LogP contribution in [0.1, 0.15) is 38.2 Å². The summed E-state index contributed by atoms with van der Waals surface area (Å²) < 4.78 is 12.7. The Morgan fingerprint density at radius 1 is 1.14 bits per heavy atom. The van der Waals surface area contributed by atoms with Crippen LogP contribution in [0.4, 0.5) is 4.39 Å². The van der Waals surface area contributed by atoms with E-state index in [1.165, 1.54) is 12.1 Å². The molecule has 0 saturated heterocycles. The van der Waals surface area contributed by atoms with E-state index in [0.717, 1.165) is 18.4 Å². The first kappa shape index (κ1) is 11.2. The minimum Gasteiger partial charge on any atom is -0.327 e. The van der Waals surface area contributed by atoms with Crippen molar-refractivity contribution in [1.82, 2.24) is 0 Å². The number of benzene rings is 1. The van der Waals surface area contributed by atoms with E-state index in [0.29, 0.717) is 5.92 Å². The molecule has 2 atom stereocenters. The summed E-state index contributed by atoms with van der Waals surface area (Å²) in [6.07, 6.45) is 1.95. The fourth-order valence-electron chi connectivity index (χ4n) is 1.78. The number of hydrogen-bond donors (Lipinski definition) is 1. The van der Waals surface area contributed by atoms with Crippen LogP contribution in [0.25, 0.3) is 0 Å². The lowest BCUT2D eigenvalue weighted by Crippen LogP contribution is -2.27. The summed E-state index contributed by atoms with van der Waals surface area (Å²) in [5.74, 6) is 0.161. The minimum atomic E-state index is -0.186. The number of nitrogens with two attached hydrogens (primary N) is 1. The van der Waals surface area contributed by atoms with Crippen LogP contribution in [0.2, 0.25) is 0 Å². The predicted molar refractivity (Wildman–Crippen MR) is 57.7 cm³/mol. The molecule has 1 rings (SSSR count). The first-order valence-electron chi connectivity index (χ1n) is 5.20. The monoisotopic (exact) mass is 195 g/mol. The highest BCUT2D eigenvalue weighted by atomic mass is 19.1. The smallest absolute Gasteiger partial charge is 0.123 e. The Kier molecular flexibility index (Phi) is 4.08. The van der Waals surface area contributed by atoms with Crippen LogP contribution >= 0.6 is 0 Å². The van der Waals surface area contributed by atoms with Crippen molar-refractivity contribution >= 4 is 0 Å². The Hall–Kier alpha value is -0.890. The van der Waals surface area contributed by atoms with E-state index in [2.05, 4.69) is 13.8 Å². The second-order valence-electron chi connectivity index (χ2n) is 3.64. The van der Waals surface area contributed by atoms with Crippen molar-refractivity contribution in [3.8, 4) is 0 Å². The van der Waals surface area contributed by atoms with Gasteiger partial charge in [-0.15, -0.1) is 0 Å². The Morgan fingerprint density at radius 2 is 1.71 bits per heavy atom. The molecule has 2 heteroatoms. The molecule has 0 amide bonds. The first-order valence-corrected chi connectivity index (χ1v) is 5.20. The van der Waals surface area contributed by atoms with Gasteiger partial charge in [-0.25, -0.2) is 4.39 Å². The molecule has 2 N–H and O–H groups in total. The lowest BCUT2D eigenvalue weighted by atomic mass is 9.88. The van der Waals surface area contributed by atoms with E-state index in [1.54, 1.807) is 0 Å². The predicted octanol–water partition coefficient (Wildman–Crippen LogP) is 3.06. The molecule has 0 heterocycles. The van der Waals surface area contributed by atoms with Gasteiger partial charge in [-0.2, -0.15) is 0 Å². The Morgan fingerprint density at radius 3 is 2.14 bits per heavy atom. The maximum Gasteiger partial charge on any atom is 0.123 e. The molecule has 0 saturated carbocycles. The van der Waals surface area contributed by atoms with Crippen LogP contribution in [0.3, 0.4) is 0 Å².